The number of nitrogens with one attached hydrogen (secondary N) is 1. The van der Waals surface area contributed by atoms with Crippen molar-refractivity contribution in [3.05, 3.63) is 12.2 Å². The molecule has 0 aromatic rings. The van der Waals surface area contributed by atoms with Gasteiger partial charge in [-0.1, -0.05) is 14.4 Å². The van der Waals surface area contributed by atoms with E-state index in [1.54, 1.807) is 0 Å². The number of hydrogen-bond donors (Lipinski definition) is 1. The molecule has 0 aliphatic heterocycles. The number of hydrogen-bond acceptors (Lipinski definition) is 4. The first-order valence-corrected chi connectivity index (χ1v) is 8.61. The zero-order chi connectivity index (χ0) is 17.1. The number of amidine groups is 1. The molecule has 0 atom stereocenters. The lowest BCUT2D eigenvalue weighted by Gasteiger charge is -2.23. The molecule has 0 bridgehead atoms. The Morgan fingerprint density at radius 1 is 1.14 bits per heavy atom. The fourth-order valence-electron chi connectivity index (χ4n) is 1.46. The average Bonchev–Trinajstić information content (AvgIpc) is 2.16. The van der Waals surface area contributed by atoms with Gasteiger partial charge in [0.1, 0.15) is 0 Å². The molecule has 1 N–H and O–H groups in total. The van der Waals surface area contributed by atoms with Crippen LogP contribution in [0.3, 0.4) is 0 Å². The van der Waals surface area contributed by atoms with Crippen LogP contribution < -0.4 is 5.32 Å². The van der Waals surface area contributed by atoms with Crippen molar-refractivity contribution in [1.82, 2.24) is 5.32 Å². The fourth-order valence-corrected chi connectivity index (χ4v) is 3.18. The topological polar surface area (TPSA) is 83.3 Å². The quantitative estimate of drug-likeness (QED) is 0.176. The predicted molar refractivity (Wildman–Crippen MR) is 75.7 cm³/mol. The molecule has 0 heterocycles. The molecule has 7 nitrogen and oxygen atoms in total. The Morgan fingerprint density at radius 3 is 1.86 bits per heavy atom. The molecule has 124 valence electrons. The maximum absolute atomic E-state index is 13.0. The summed E-state index contributed by atoms with van der Waals surface area (Å²) in [5, 5.41) is 2.40. The number of halogens is 2. The smallest absolute Gasteiger partial charge is 0.331 e. The van der Waals surface area contributed by atoms with Crippen molar-refractivity contribution < 1.29 is 32.5 Å². The van der Waals surface area contributed by atoms with Gasteiger partial charge < -0.3 is 4.48 Å². The summed E-state index contributed by atoms with van der Waals surface area (Å²) >= 11 is 0. The zero-order valence-electron chi connectivity index (χ0n) is 12.4. The fraction of sp³-hybridized carbons (Fsp3) is 0.700. The summed E-state index contributed by atoms with van der Waals surface area (Å²) in [5.74, 6) is -0.749. The van der Waals surface area contributed by atoms with Gasteiger partial charge >= 0.3 is 26.7 Å². The molecule has 0 rings (SSSR count). The van der Waals surface area contributed by atoms with Crippen molar-refractivity contribution in [2.24, 2.45) is 0 Å². The molecule has 0 unspecified atom stereocenters. The molecule has 0 fully saturated rings. The Morgan fingerprint density at radius 2 is 1.57 bits per heavy atom. The van der Waals surface area contributed by atoms with Gasteiger partial charge in [-0.3, -0.25) is 5.32 Å². The maximum atomic E-state index is 13.0. The minimum absolute atomic E-state index is 0.124. The number of rotatable bonds is 7. The normalized spacial score (nSPS) is 12.9. The molecule has 0 aliphatic carbocycles. The van der Waals surface area contributed by atoms with Gasteiger partial charge in [-0.2, -0.15) is 16.8 Å². The lowest BCUT2D eigenvalue weighted by molar-refractivity contribution is -0.870. The lowest BCUT2D eigenvalue weighted by atomic mass is 10.3. The second-order valence-corrected chi connectivity index (χ2v) is 8.11. The van der Waals surface area contributed by atoms with Gasteiger partial charge in [-0.05, 0) is 6.92 Å². The largest absolute Gasteiger partial charge is 0.494 e. The molecule has 0 aliphatic rings. The zero-order valence-corrected chi connectivity index (χ0v) is 14.1. The Kier molecular flexibility index (Phi) is 6.45. The lowest BCUT2D eigenvalue weighted by Crippen LogP contribution is -2.41. The molecule has 0 saturated carbocycles. The van der Waals surface area contributed by atoms with E-state index in [1.807, 2.05) is 21.1 Å². The Labute approximate surface area is 124 Å². The van der Waals surface area contributed by atoms with Gasteiger partial charge in [-0.15, -0.1) is 0 Å². The highest BCUT2D eigenvalue weighted by atomic mass is 32.3. The van der Waals surface area contributed by atoms with Crippen LogP contribution in [0, 0.1) is 0 Å². The van der Waals surface area contributed by atoms with Crippen molar-refractivity contribution >= 4 is 26.7 Å². The van der Waals surface area contributed by atoms with Crippen LogP contribution in [0.2, 0.25) is 0 Å². The van der Waals surface area contributed by atoms with Crippen LogP contribution in [-0.4, -0.2) is 64.8 Å². The Bertz CT molecular complexity index is 600. The van der Waals surface area contributed by atoms with E-state index in [0.717, 1.165) is 0 Å². The summed E-state index contributed by atoms with van der Waals surface area (Å²) < 4.78 is 69.2. The van der Waals surface area contributed by atoms with Crippen LogP contribution in [0.1, 0.15) is 13.3 Å². The Balaban J connectivity index is 5.46. The van der Waals surface area contributed by atoms with Gasteiger partial charge in [0.25, 0.3) is 0 Å². The van der Waals surface area contributed by atoms with Gasteiger partial charge in [0.15, 0.2) is 0 Å². The first kappa shape index (κ1) is 19.9. The standard InChI is InChI=1S/C10H20F2N3O4S2/c1-9(2)10(13-7-6-8-15(3,4)5)14(20(11,16)17)21(12,18)19/h1,6-8H2,2-5H3/q+1/p+1. The summed E-state index contributed by atoms with van der Waals surface area (Å²) in [6.07, 6.45) is 0.521. The van der Waals surface area contributed by atoms with Crippen LogP contribution in [0.15, 0.2) is 12.2 Å². The summed E-state index contributed by atoms with van der Waals surface area (Å²) in [6.45, 7) is 5.36. The number of nitrogens with zero attached hydrogens (tertiary/aromatic N) is 2. The molecule has 11 heteroatoms. The molecule has 0 saturated heterocycles. The van der Waals surface area contributed by atoms with E-state index in [9.17, 15) is 24.6 Å². The first-order chi connectivity index (χ1) is 9.16. The van der Waals surface area contributed by atoms with Crippen molar-refractivity contribution in [2.45, 2.75) is 13.3 Å². The third kappa shape index (κ3) is 7.48. The van der Waals surface area contributed by atoms with E-state index >= 15 is 0 Å². The summed E-state index contributed by atoms with van der Waals surface area (Å²) in [5.41, 5.74) is -0.136. The van der Waals surface area contributed by atoms with Gasteiger partial charge in [0, 0.05) is 15.4 Å². The second-order valence-electron chi connectivity index (χ2n) is 5.50. The van der Waals surface area contributed by atoms with Crippen LogP contribution in [0.5, 0.6) is 0 Å². The molecule has 0 aromatic carbocycles. The number of quaternary nitrogens is 1. The Hall–Kier alpha value is -1.07. The minimum Gasteiger partial charge on any atom is -0.331 e. The molecular weight excluding hydrogens is 328 g/mol. The maximum Gasteiger partial charge on any atom is 0.494 e. The van der Waals surface area contributed by atoms with Gasteiger partial charge in [0.05, 0.1) is 34.2 Å². The highest BCUT2D eigenvalue weighted by Crippen LogP contribution is 2.08. The van der Waals surface area contributed by atoms with E-state index in [1.165, 1.54) is 6.92 Å². The monoisotopic (exact) mass is 349 g/mol. The van der Waals surface area contributed by atoms with E-state index in [4.69, 9.17) is 0 Å². The predicted octanol–water partition coefficient (Wildman–Crippen LogP) is 0.0880. The van der Waals surface area contributed by atoms with Crippen molar-refractivity contribution in [2.75, 3.05) is 34.2 Å². The van der Waals surface area contributed by atoms with Crippen molar-refractivity contribution in [3.8, 4) is 0 Å². The van der Waals surface area contributed by atoms with Gasteiger partial charge in [0.2, 0.25) is 0 Å². The minimum atomic E-state index is -5.83. The summed E-state index contributed by atoms with van der Waals surface area (Å²) in [4.78, 5) is 0. The second kappa shape index (κ2) is 6.79. The molecule has 0 aromatic heterocycles. The van der Waals surface area contributed by atoms with Crippen LogP contribution in [-0.2, 0) is 20.8 Å². The highest BCUT2D eigenvalue weighted by molar-refractivity contribution is 7.92. The third-order valence-electron chi connectivity index (χ3n) is 2.28. The van der Waals surface area contributed by atoms with Crippen LogP contribution >= 0.6 is 0 Å². The average molecular weight is 349 g/mol. The molecule has 0 radical (unpaired) electrons. The molecule has 0 amide bonds. The third-order valence-corrected chi connectivity index (χ3v) is 4.51. The summed E-state index contributed by atoms with van der Waals surface area (Å²) in [6, 6.07) is 0. The molecule has 0 spiro atoms. The van der Waals surface area contributed by atoms with E-state index in [0.29, 0.717) is 17.4 Å². The van der Waals surface area contributed by atoms with E-state index < -0.39 is 30.0 Å². The summed E-state index contributed by atoms with van der Waals surface area (Å²) in [7, 11) is -5.88. The van der Waals surface area contributed by atoms with Crippen LogP contribution in [0.4, 0.5) is 7.77 Å². The van der Waals surface area contributed by atoms with Gasteiger partial charge in [-0.25, -0.2) is 0 Å². The van der Waals surface area contributed by atoms with Crippen molar-refractivity contribution in [1.29, 1.82) is 0 Å². The highest BCUT2D eigenvalue weighted by Gasteiger charge is 2.38. The molecular formula is C10H21F2N3O4S2+2. The SMILES string of the molecule is C=C(C)C(NCCC[N+](C)(C)C)=[N+](S(=O)(=O)F)S(=O)(=O)F. The molecule has 21 heavy (non-hydrogen) atoms. The van der Waals surface area contributed by atoms with Crippen LogP contribution in [0.25, 0.3) is 0 Å². The van der Waals surface area contributed by atoms with E-state index in [-0.39, 0.29) is 12.1 Å². The van der Waals surface area contributed by atoms with E-state index in [2.05, 4.69) is 11.9 Å². The first-order valence-electron chi connectivity index (χ1n) is 5.93. The van der Waals surface area contributed by atoms with Crippen molar-refractivity contribution in [3.63, 3.8) is 0 Å².